The van der Waals surface area contributed by atoms with Crippen molar-refractivity contribution in [2.24, 2.45) is 5.41 Å². The average molecular weight is 145 g/mol. The smallest absolute Gasteiger partial charge is 0.248 e. The Morgan fingerprint density at radius 3 is 2.40 bits per heavy atom. The van der Waals surface area contributed by atoms with E-state index in [0.717, 1.165) is 12.8 Å². The molecule has 0 spiro atoms. The van der Waals surface area contributed by atoms with Crippen LogP contribution in [0.3, 0.4) is 0 Å². The summed E-state index contributed by atoms with van der Waals surface area (Å²) in [4.78, 5) is 10.9. The third-order valence-electron chi connectivity index (χ3n) is 1.59. The zero-order valence-corrected chi connectivity index (χ0v) is 6.77. The maximum absolute atomic E-state index is 10.9. The van der Waals surface area contributed by atoms with Crippen LogP contribution in [0.1, 0.15) is 33.6 Å². The number of nitrogens with one attached hydrogen (secondary N) is 1. The Kier molecular flexibility index (Phi) is 3.36. The van der Waals surface area contributed by atoms with Crippen LogP contribution in [0.25, 0.3) is 0 Å². The fourth-order valence-corrected chi connectivity index (χ4v) is 0.890. The lowest BCUT2D eigenvalue weighted by Gasteiger charge is -2.20. The average Bonchev–Trinajstić information content (AvgIpc) is 1.86. The van der Waals surface area contributed by atoms with Gasteiger partial charge in [-0.25, -0.2) is 5.48 Å². The van der Waals surface area contributed by atoms with Crippen LogP contribution in [0.15, 0.2) is 0 Å². The van der Waals surface area contributed by atoms with Gasteiger partial charge in [0.15, 0.2) is 0 Å². The Labute approximate surface area is 61.4 Å². The molecule has 0 aliphatic rings. The van der Waals surface area contributed by atoms with Gasteiger partial charge in [0, 0.05) is 5.41 Å². The molecule has 0 saturated carbocycles. The highest BCUT2D eigenvalue weighted by Crippen LogP contribution is 2.21. The van der Waals surface area contributed by atoms with Gasteiger partial charge in [0.2, 0.25) is 5.91 Å². The van der Waals surface area contributed by atoms with Crippen LogP contribution in [0.4, 0.5) is 0 Å². The van der Waals surface area contributed by atoms with E-state index in [1.54, 1.807) is 5.48 Å². The van der Waals surface area contributed by atoms with E-state index in [9.17, 15) is 4.79 Å². The molecule has 0 aromatic heterocycles. The largest absolute Gasteiger partial charge is 0.289 e. The third-order valence-corrected chi connectivity index (χ3v) is 1.59. The highest BCUT2D eigenvalue weighted by atomic mass is 16.5. The van der Waals surface area contributed by atoms with Gasteiger partial charge in [0.05, 0.1) is 0 Å². The summed E-state index contributed by atoms with van der Waals surface area (Å²) in [6, 6.07) is 0. The Morgan fingerprint density at radius 2 is 2.10 bits per heavy atom. The summed E-state index contributed by atoms with van der Waals surface area (Å²) in [7, 11) is 0. The molecule has 0 aromatic carbocycles. The zero-order valence-electron chi connectivity index (χ0n) is 6.77. The second-order valence-corrected chi connectivity index (χ2v) is 3.07. The van der Waals surface area contributed by atoms with Gasteiger partial charge in [-0.1, -0.05) is 27.2 Å². The summed E-state index contributed by atoms with van der Waals surface area (Å²) in [6.07, 6.45) is 1.74. The summed E-state index contributed by atoms with van der Waals surface area (Å²) in [5.41, 5.74) is 1.21. The topological polar surface area (TPSA) is 49.3 Å². The highest BCUT2D eigenvalue weighted by molar-refractivity contribution is 5.80. The Morgan fingerprint density at radius 1 is 1.60 bits per heavy atom. The fraction of sp³-hybridized carbons (Fsp3) is 0.857. The second kappa shape index (κ2) is 3.56. The molecule has 0 heterocycles. The number of rotatable bonds is 3. The van der Waals surface area contributed by atoms with E-state index >= 15 is 0 Å². The van der Waals surface area contributed by atoms with Crippen molar-refractivity contribution in [1.29, 1.82) is 0 Å². The Balaban J connectivity index is 3.96. The van der Waals surface area contributed by atoms with Crippen LogP contribution < -0.4 is 5.48 Å². The van der Waals surface area contributed by atoms with Crippen LogP contribution in [0, 0.1) is 5.41 Å². The summed E-state index contributed by atoms with van der Waals surface area (Å²) in [5, 5.41) is 8.30. The van der Waals surface area contributed by atoms with Gasteiger partial charge < -0.3 is 0 Å². The molecule has 0 rings (SSSR count). The van der Waals surface area contributed by atoms with Gasteiger partial charge >= 0.3 is 0 Å². The first-order valence-electron chi connectivity index (χ1n) is 3.49. The van der Waals surface area contributed by atoms with Crippen molar-refractivity contribution in [2.45, 2.75) is 33.6 Å². The Hall–Kier alpha value is -0.570. The van der Waals surface area contributed by atoms with Crippen LogP contribution in [-0.2, 0) is 4.79 Å². The van der Waals surface area contributed by atoms with Gasteiger partial charge in [-0.15, -0.1) is 0 Å². The van der Waals surface area contributed by atoms with E-state index in [4.69, 9.17) is 5.21 Å². The molecule has 3 nitrogen and oxygen atoms in total. The maximum Gasteiger partial charge on any atom is 0.248 e. The summed E-state index contributed by atoms with van der Waals surface area (Å²) in [6.45, 7) is 5.62. The molecule has 1 amide bonds. The van der Waals surface area contributed by atoms with E-state index in [2.05, 4.69) is 0 Å². The van der Waals surface area contributed by atoms with Crippen molar-refractivity contribution in [2.75, 3.05) is 0 Å². The maximum atomic E-state index is 10.9. The van der Waals surface area contributed by atoms with Crippen molar-refractivity contribution in [3.05, 3.63) is 0 Å². The second-order valence-electron chi connectivity index (χ2n) is 3.07. The van der Waals surface area contributed by atoms with Gasteiger partial charge in [-0.05, 0) is 6.42 Å². The number of hydroxylamine groups is 1. The van der Waals surface area contributed by atoms with Crippen LogP contribution in [0.2, 0.25) is 0 Å². The molecule has 0 atom stereocenters. The number of hydrogen-bond acceptors (Lipinski definition) is 2. The monoisotopic (exact) mass is 145 g/mol. The van der Waals surface area contributed by atoms with E-state index < -0.39 is 5.41 Å². The first-order valence-corrected chi connectivity index (χ1v) is 3.49. The quantitative estimate of drug-likeness (QED) is 0.464. The minimum absolute atomic E-state index is 0.311. The first kappa shape index (κ1) is 9.43. The van der Waals surface area contributed by atoms with Crippen molar-refractivity contribution in [3.8, 4) is 0 Å². The molecule has 0 aliphatic carbocycles. The predicted molar refractivity (Wildman–Crippen MR) is 38.6 cm³/mol. The lowest BCUT2D eigenvalue weighted by atomic mass is 9.87. The number of carbonyl (C=O) groups is 1. The molecular weight excluding hydrogens is 130 g/mol. The molecule has 0 aliphatic heterocycles. The fourth-order valence-electron chi connectivity index (χ4n) is 0.890. The van der Waals surface area contributed by atoms with Crippen LogP contribution in [-0.4, -0.2) is 11.1 Å². The number of carbonyl (C=O) groups excluding carboxylic acids is 1. The van der Waals surface area contributed by atoms with E-state index in [0.29, 0.717) is 0 Å². The minimum atomic E-state index is -0.441. The van der Waals surface area contributed by atoms with Gasteiger partial charge in [0.25, 0.3) is 0 Å². The number of hydrogen-bond donors (Lipinski definition) is 2. The van der Waals surface area contributed by atoms with Gasteiger partial charge in [-0.3, -0.25) is 10.0 Å². The van der Waals surface area contributed by atoms with Crippen molar-refractivity contribution < 1.29 is 10.0 Å². The molecule has 3 heteroatoms. The molecule has 10 heavy (non-hydrogen) atoms. The SMILES string of the molecule is CCCC(C)(C)C(=O)NO. The van der Waals surface area contributed by atoms with Crippen molar-refractivity contribution in [3.63, 3.8) is 0 Å². The zero-order chi connectivity index (χ0) is 8.20. The molecule has 0 fully saturated rings. The standard InChI is InChI=1S/C7H15NO2/c1-4-5-7(2,3)6(9)8-10/h10H,4-5H2,1-3H3,(H,8,9). The lowest BCUT2D eigenvalue weighted by Crippen LogP contribution is -2.34. The predicted octanol–water partition coefficient (Wildman–Crippen LogP) is 1.32. The van der Waals surface area contributed by atoms with E-state index in [1.165, 1.54) is 0 Å². The Bertz CT molecular complexity index is 121. The number of amides is 1. The van der Waals surface area contributed by atoms with E-state index in [-0.39, 0.29) is 5.91 Å². The lowest BCUT2D eigenvalue weighted by molar-refractivity contribution is -0.138. The summed E-state index contributed by atoms with van der Waals surface area (Å²) >= 11 is 0. The first-order chi connectivity index (χ1) is 4.54. The third kappa shape index (κ3) is 2.35. The normalized spacial score (nSPS) is 11.2. The van der Waals surface area contributed by atoms with Crippen LogP contribution in [0.5, 0.6) is 0 Å². The summed E-state index contributed by atoms with van der Waals surface area (Å²) < 4.78 is 0. The highest BCUT2D eigenvalue weighted by Gasteiger charge is 2.25. The molecule has 0 unspecified atom stereocenters. The van der Waals surface area contributed by atoms with Crippen LogP contribution >= 0.6 is 0 Å². The molecule has 0 aromatic rings. The summed E-state index contributed by atoms with van der Waals surface area (Å²) in [5.74, 6) is -0.311. The molecule has 0 saturated heterocycles. The van der Waals surface area contributed by atoms with Gasteiger partial charge in [0.1, 0.15) is 0 Å². The molecule has 60 valence electrons. The molecular formula is C7H15NO2. The van der Waals surface area contributed by atoms with Crippen molar-refractivity contribution >= 4 is 5.91 Å². The van der Waals surface area contributed by atoms with Gasteiger partial charge in [-0.2, -0.15) is 0 Å². The van der Waals surface area contributed by atoms with E-state index in [1.807, 2.05) is 20.8 Å². The molecule has 0 bridgehead atoms. The molecule has 2 N–H and O–H groups in total. The molecule has 0 radical (unpaired) electrons. The van der Waals surface area contributed by atoms with Crippen molar-refractivity contribution in [1.82, 2.24) is 5.48 Å². The minimum Gasteiger partial charge on any atom is -0.289 e.